The second-order valence-electron chi connectivity index (χ2n) is 6.14. The van der Waals surface area contributed by atoms with E-state index in [1.54, 1.807) is 0 Å². The van der Waals surface area contributed by atoms with Gasteiger partial charge in [-0.25, -0.2) is 22.0 Å². The lowest BCUT2D eigenvalue weighted by Crippen LogP contribution is -2.91. The van der Waals surface area contributed by atoms with Crippen molar-refractivity contribution >= 4 is 0 Å². The molecule has 0 heterocycles. The van der Waals surface area contributed by atoms with Gasteiger partial charge in [0.05, 0.1) is 0 Å². The zero-order valence-electron chi connectivity index (χ0n) is 11.3. The molecular formula is C11H7F13. The third-order valence-corrected chi connectivity index (χ3v) is 4.88. The molecule has 2 saturated carbocycles. The van der Waals surface area contributed by atoms with Gasteiger partial charge in [0.15, 0.2) is 0 Å². The summed E-state index contributed by atoms with van der Waals surface area (Å²) in [6, 6.07) is 0. The zero-order valence-corrected chi connectivity index (χ0v) is 11.3. The number of hydrogen-bond donors (Lipinski definition) is 0. The van der Waals surface area contributed by atoms with E-state index in [0.717, 1.165) is 0 Å². The Bertz CT molecular complexity index is 558. The second-order valence-corrected chi connectivity index (χ2v) is 6.14. The monoisotopic (exact) mass is 386 g/mol. The van der Waals surface area contributed by atoms with Crippen molar-refractivity contribution in [3.8, 4) is 0 Å². The molecule has 2 bridgehead atoms. The third-order valence-electron chi connectivity index (χ3n) is 4.88. The van der Waals surface area contributed by atoms with E-state index in [1.165, 1.54) is 0 Å². The lowest BCUT2D eigenvalue weighted by molar-refractivity contribution is -0.516. The first-order valence-electron chi connectivity index (χ1n) is 6.10. The molecule has 0 radical (unpaired) electrons. The Morgan fingerprint density at radius 1 is 0.583 bits per heavy atom. The molecule has 2 aliphatic rings. The second kappa shape index (κ2) is 4.08. The maximum Gasteiger partial charge on any atom is 0.376 e. The number of alkyl halides is 13. The van der Waals surface area contributed by atoms with Crippen LogP contribution in [0.4, 0.5) is 57.1 Å². The van der Waals surface area contributed by atoms with E-state index < -0.39 is 66.4 Å². The van der Waals surface area contributed by atoms with Crippen molar-refractivity contribution < 1.29 is 57.1 Å². The average molecular weight is 386 g/mol. The van der Waals surface area contributed by atoms with Gasteiger partial charge in [-0.05, 0) is 6.92 Å². The Morgan fingerprint density at radius 3 is 1.38 bits per heavy atom. The summed E-state index contributed by atoms with van der Waals surface area (Å²) in [5, 5.41) is 0. The lowest BCUT2D eigenvalue weighted by atomic mass is 9.49. The highest BCUT2D eigenvalue weighted by Crippen LogP contribution is 2.79. The molecule has 0 amide bonds. The van der Waals surface area contributed by atoms with Crippen LogP contribution in [0.1, 0.15) is 13.3 Å². The molecule has 24 heavy (non-hydrogen) atoms. The van der Waals surface area contributed by atoms with E-state index in [0.29, 0.717) is 0 Å². The largest absolute Gasteiger partial charge is 0.376 e. The molecule has 2 aliphatic carbocycles. The van der Waals surface area contributed by atoms with Gasteiger partial charge in [-0.3, -0.25) is 0 Å². The van der Waals surface area contributed by atoms with Gasteiger partial charge >= 0.3 is 35.3 Å². The maximum absolute atomic E-state index is 14.2. The smallest absolute Gasteiger partial charge is 0.247 e. The molecule has 0 spiro atoms. The van der Waals surface area contributed by atoms with Crippen LogP contribution in [0.5, 0.6) is 0 Å². The summed E-state index contributed by atoms with van der Waals surface area (Å²) in [4.78, 5) is 0. The van der Waals surface area contributed by atoms with E-state index in [-0.39, 0.29) is 0 Å². The van der Waals surface area contributed by atoms with Crippen LogP contribution >= 0.6 is 0 Å². The molecule has 0 aromatic rings. The fourth-order valence-electron chi connectivity index (χ4n) is 3.26. The van der Waals surface area contributed by atoms with Crippen LogP contribution < -0.4 is 0 Å². The molecule has 0 N–H and O–H groups in total. The Hall–Kier alpha value is -0.910. The first-order chi connectivity index (χ1) is 10.3. The fraction of sp³-hybridized carbons (Fsp3) is 1.00. The summed E-state index contributed by atoms with van der Waals surface area (Å²) in [5.74, 6) is -34.2. The van der Waals surface area contributed by atoms with Gasteiger partial charge in [0.25, 0.3) is 0 Å². The Kier molecular flexibility index (Phi) is 3.30. The van der Waals surface area contributed by atoms with Crippen molar-refractivity contribution in [3.05, 3.63) is 0 Å². The van der Waals surface area contributed by atoms with Crippen LogP contribution in [0.3, 0.4) is 0 Å². The predicted octanol–water partition coefficient (Wildman–Crippen LogP) is 4.97. The Balaban J connectivity index is 3.03. The summed E-state index contributed by atoms with van der Waals surface area (Å²) >= 11 is 0. The van der Waals surface area contributed by atoms with Gasteiger partial charge in [0, 0.05) is 6.42 Å². The summed E-state index contributed by atoms with van der Waals surface area (Å²) in [5.41, 5.74) is -17.4. The Labute approximate surface area is 125 Å². The molecule has 3 unspecified atom stereocenters. The topological polar surface area (TPSA) is 0 Å². The van der Waals surface area contributed by atoms with Crippen molar-refractivity contribution in [1.82, 2.24) is 0 Å². The van der Waals surface area contributed by atoms with Crippen LogP contribution in [0.25, 0.3) is 0 Å². The lowest BCUT2D eigenvalue weighted by Gasteiger charge is -2.64. The quantitative estimate of drug-likeness (QED) is 0.559. The minimum Gasteiger partial charge on any atom is -0.247 e. The maximum atomic E-state index is 14.2. The van der Waals surface area contributed by atoms with Crippen LogP contribution in [-0.4, -0.2) is 47.6 Å². The minimum absolute atomic E-state index is 0.663. The molecule has 0 aliphatic heterocycles. The molecule has 2 fully saturated rings. The Morgan fingerprint density at radius 2 is 1.00 bits per heavy atom. The molecule has 3 atom stereocenters. The summed E-state index contributed by atoms with van der Waals surface area (Å²) in [6.07, 6.45) is -3.01. The van der Waals surface area contributed by atoms with Gasteiger partial charge in [0.2, 0.25) is 5.67 Å². The summed E-state index contributed by atoms with van der Waals surface area (Å²) in [7, 11) is 0. The molecule has 13 heteroatoms. The van der Waals surface area contributed by atoms with Crippen molar-refractivity contribution in [2.75, 3.05) is 6.67 Å². The first kappa shape index (κ1) is 19.4. The van der Waals surface area contributed by atoms with Crippen LogP contribution in [-0.2, 0) is 0 Å². The summed E-state index contributed by atoms with van der Waals surface area (Å²) < 4.78 is 177. The third kappa shape index (κ3) is 1.33. The number of rotatable bonds is 1. The van der Waals surface area contributed by atoms with Crippen molar-refractivity contribution in [3.63, 3.8) is 0 Å². The highest BCUT2D eigenvalue weighted by molar-refractivity contribution is 5.36. The van der Waals surface area contributed by atoms with E-state index in [1.807, 2.05) is 0 Å². The van der Waals surface area contributed by atoms with Gasteiger partial charge in [-0.1, -0.05) is 0 Å². The number of hydrogen-bond acceptors (Lipinski definition) is 0. The van der Waals surface area contributed by atoms with E-state index in [2.05, 4.69) is 0 Å². The molecule has 142 valence electrons. The molecule has 2 rings (SSSR count). The standard InChI is InChI=1S/C11H7F13/c1-4-2-5(13,3-12)9(19,20)6(14,7(4,15)16)10(21,22)11(23,24)8(4,17)18/h2-3H2,1H3. The van der Waals surface area contributed by atoms with Crippen molar-refractivity contribution in [1.29, 1.82) is 0 Å². The van der Waals surface area contributed by atoms with Gasteiger partial charge < -0.3 is 0 Å². The van der Waals surface area contributed by atoms with E-state index >= 15 is 0 Å². The molecule has 0 aromatic carbocycles. The van der Waals surface area contributed by atoms with Crippen LogP contribution in [0.2, 0.25) is 0 Å². The van der Waals surface area contributed by atoms with Gasteiger partial charge in [-0.15, -0.1) is 0 Å². The predicted molar refractivity (Wildman–Crippen MR) is 51.1 cm³/mol. The highest BCUT2D eigenvalue weighted by atomic mass is 19.4. The van der Waals surface area contributed by atoms with Gasteiger partial charge in [0.1, 0.15) is 12.1 Å². The van der Waals surface area contributed by atoms with E-state index in [9.17, 15) is 57.1 Å². The fourth-order valence-corrected chi connectivity index (χ4v) is 3.26. The van der Waals surface area contributed by atoms with E-state index in [4.69, 9.17) is 0 Å². The zero-order chi connectivity index (χ0) is 19.4. The normalized spacial score (nSPS) is 47.2. The minimum atomic E-state index is -7.41. The molecule has 0 saturated heterocycles. The van der Waals surface area contributed by atoms with Crippen LogP contribution in [0.15, 0.2) is 0 Å². The molecule has 0 aromatic heterocycles. The molecule has 0 nitrogen and oxygen atoms in total. The molecular weight excluding hydrogens is 379 g/mol. The SMILES string of the molecule is CC12CC(F)(CF)C(F)(F)C(F)(C(F)(F)C(F)(F)C1(F)F)C2(F)F. The highest BCUT2D eigenvalue weighted by Gasteiger charge is 3.06. The van der Waals surface area contributed by atoms with Crippen molar-refractivity contribution in [2.45, 2.75) is 54.3 Å². The van der Waals surface area contributed by atoms with Crippen molar-refractivity contribution in [2.24, 2.45) is 5.41 Å². The summed E-state index contributed by atoms with van der Waals surface area (Å²) in [6.45, 7) is -3.79. The van der Waals surface area contributed by atoms with Crippen LogP contribution in [0, 0.1) is 5.41 Å². The first-order valence-corrected chi connectivity index (χ1v) is 6.10. The van der Waals surface area contributed by atoms with Gasteiger partial charge in [-0.2, -0.15) is 35.1 Å². The number of fused-ring (bicyclic) bond motifs is 2. The average Bonchev–Trinajstić information content (AvgIpc) is 2.42. The number of halogens is 13.